The van der Waals surface area contributed by atoms with E-state index < -0.39 is 0 Å². The van der Waals surface area contributed by atoms with Gasteiger partial charge in [0.25, 0.3) is 0 Å². The van der Waals surface area contributed by atoms with E-state index in [0.717, 1.165) is 19.5 Å². The Balaban J connectivity index is 2.18. The number of hydrogen-bond donors (Lipinski definition) is 2. The van der Waals surface area contributed by atoms with E-state index in [1.165, 1.54) is 5.56 Å². The average Bonchev–Trinajstić information content (AvgIpc) is 2.26. The van der Waals surface area contributed by atoms with Gasteiger partial charge >= 0.3 is 0 Å². The first-order valence-electron chi connectivity index (χ1n) is 5.42. The number of nitrogens with one attached hydrogen (secondary N) is 2. The zero-order valence-corrected chi connectivity index (χ0v) is 9.88. The molecule has 0 amide bonds. The predicted octanol–water partition coefficient (Wildman–Crippen LogP) is 1.21. The molecule has 0 aliphatic rings. The van der Waals surface area contributed by atoms with Crippen molar-refractivity contribution in [2.24, 2.45) is 0 Å². The van der Waals surface area contributed by atoms with E-state index in [2.05, 4.69) is 41.6 Å². The highest BCUT2D eigenvalue weighted by Crippen LogP contribution is 1.99. The van der Waals surface area contributed by atoms with Crippen LogP contribution in [0.15, 0.2) is 24.5 Å². The largest absolute Gasteiger partial charge is 0.315 e. The summed E-state index contributed by atoms with van der Waals surface area (Å²) in [5.74, 6) is 0. The molecule has 1 aromatic rings. The maximum Gasteiger partial charge on any atom is 0.0270 e. The lowest BCUT2D eigenvalue weighted by Gasteiger charge is -2.24. The number of nitrogens with zero attached hydrogens (tertiary/aromatic N) is 1. The van der Waals surface area contributed by atoms with Crippen LogP contribution in [0.4, 0.5) is 0 Å². The van der Waals surface area contributed by atoms with Crippen LogP contribution < -0.4 is 10.6 Å². The summed E-state index contributed by atoms with van der Waals surface area (Å²) < 4.78 is 0. The van der Waals surface area contributed by atoms with Crippen LogP contribution >= 0.6 is 0 Å². The van der Waals surface area contributed by atoms with E-state index in [9.17, 15) is 0 Å². The Kier molecular flexibility index (Phi) is 4.72. The zero-order valence-electron chi connectivity index (χ0n) is 9.88. The highest BCUT2D eigenvalue weighted by atomic mass is 15.0. The molecule has 84 valence electrons. The first kappa shape index (κ1) is 12.1. The van der Waals surface area contributed by atoms with E-state index in [-0.39, 0.29) is 5.54 Å². The Bertz CT molecular complexity index is 269. The van der Waals surface area contributed by atoms with Gasteiger partial charge < -0.3 is 10.6 Å². The van der Waals surface area contributed by atoms with Gasteiger partial charge in [0.05, 0.1) is 0 Å². The number of likely N-dealkylation sites (N-methyl/N-ethyl adjacent to an activating group) is 1. The molecule has 3 heteroatoms. The number of hydrogen-bond acceptors (Lipinski definition) is 3. The lowest BCUT2D eigenvalue weighted by atomic mass is 10.1. The third-order valence-electron chi connectivity index (χ3n) is 2.58. The van der Waals surface area contributed by atoms with Crippen LogP contribution in [0, 0.1) is 0 Å². The number of rotatable bonds is 6. The second kappa shape index (κ2) is 5.83. The first-order chi connectivity index (χ1) is 7.14. The minimum Gasteiger partial charge on any atom is -0.315 e. The third-order valence-corrected chi connectivity index (χ3v) is 2.58. The average molecular weight is 207 g/mol. The highest BCUT2D eigenvalue weighted by Gasteiger charge is 2.12. The molecule has 1 rings (SSSR count). The van der Waals surface area contributed by atoms with Crippen molar-refractivity contribution in [2.75, 3.05) is 20.1 Å². The van der Waals surface area contributed by atoms with Crippen molar-refractivity contribution in [3.8, 4) is 0 Å². The van der Waals surface area contributed by atoms with E-state index in [0.29, 0.717) is 0 Å². The molecular weight excluding hydrogens is 186 g/mol. The number of pyridine rings is 1. The Morgan fingerprint density at radius 1 is 1.27 bits per heavy atom. The monoisotopic (exact) mass is 207 g/mol. The minimum absolute atomic E-state index is 0.165. The molecule has 0 bridgehead atoms. The van der Waals surface area contributed by atoms with Gasteiger partial charge in [0.15, 0.2) is 0 Å². The molecule has 0 aliphatic heterocycles. The second-order valence-corrected chi connectivity index (χ2v) is 4.42. The lowest BCUT2D eigenvalue weighted by Crippen LogP contribution is -2.46. The molecule has 0 saturated heterocycles. The summed E-state index contributed by atoms with van der Waals surface area (Å²) >= 11 is 0. The minimum atomic E-state index is 0.165. The van der Waals surface area contributed by atoms with Crippen molar-refractivity contribution in [2.45, 2.75) is 25.8 Å². The molecule has 1 aromatic heterocycles. The van der Waals surface area contributed by atoms with Gasteiger partial charge in [0.1, 0.15) is 0 Å². The van der Waals surface area contributed by atoms with Crippen LogP contribution in [-0.4, -0.2) is 30.7 Å². The lowest BCUT2D eigenvalue weighted by molar-refractivity contribution is 0.395. The van der Waals surface area contributed by atoms with E-state index >= 15 is 0 Å². The van der Waals surface area contributed by atoms with E-state index in [1.54, 1.807) is 0 Å². The second-order valence-electron chi connectivity index (χ2n) is 4.42. The molecule has 0 unspecified atom stereocenters. The van der Waals surface area contributed by atoms with Crippen molar-refractivity contribution in [3.05, 3.63) is 30.1 Å². The first-order valence-corrected chi connectivity index (χ1v) is 5.42. The summed E-state index contributed by atoms with van der Waals surface area (Å²) in [6.07, 6.45) is 4.74. The van der Waals surface area contributed by atoms with Gasteiger partial charge in [-0.2, -0.15) is 0 Å². The molecule has 0 atom stereocenters. The molecule has 0 aliphatic carbocycles. The fraction of sp³-hybridized carbons (Fsp3) is 0.583. The summed E-state index contributed by atoms with van der Waals surface area (Å²) in [6.45, 7) is 6.36. The molecule has 0 aromatic carbocycles. The Hall–Kier alpha value is -0.930. The number of aromatic nitrogens is 1. The summed E-state index contributed by atoms with van der Waals surface area (Å²) in [4.78, 5) is 4.00. The molecular formula is C12H21N3. The van der Waals surface area contributed by atoms with Crippen molar-refractivity contribution in [1.29, 1.82) is 0 Å². The maximum absolute atomic E-state index is 4.00. The molecule has 3 nitrogen and oxygen atoms in total. The van der Waals surface area contributed by atoms with E-state index in [4.69, 9.17) is 0 Å². The van der Waals surface area contributed by atoms with Gasteiger partial charge in [0, 0.05) is 24.5 Å². The van der Waals surface area contributed by atoms with Crippen LogP contribution in [0.3, 0.4) is 0 Å². The van der Waals surface area contributed by atoms with Crippen molar-refractivity contribution < 1.29 is 0 Å². The third kappa shape index (κ3) is 4.91. The quantitative estimate of drug-likeness (QED) is 0.689. The Morgan fingerprint density at radius 2 is 1.93 bits per heavy atom. The van der Waals surface area contributed by atoms with Gasteiger partial charge in [-0.15, -0.1) is 0 Å². The van der Waals surface area contributed by atoms with Crippen LogP contribution in [0.25, 0.3) is 0 Å². The normalized spacial score (nSPS) is 11.7. The summed E-state index contributed by atoms with van der Waals surface area (Å²) in [6, 6.07) is 4.12. The topological polar surface area (TPSA) is 37.0 Å². The van der Waals surface area contributed by atoms with Crippen molar-refractivity contribution in [3.63, 3.8) is 0 Å². The molecule has 0 radical (unpaired) electrons. The maximum atomic E-state index is 4.00. The predicted molar refractivity (Wildman–Crippen MR) is 63.9 cm³/mol. The summed E-state index contributed by atoms with van der Waals surface area (Å²) in [5.41, 5.74) is 1.50. The van der Waals surface area contributed by atoms with Gasteiger partial charge in [-0.25, -0.2) is 0 Å². The molecule has 0 saturated carbocycles. The molecule has 0 spiro atoms. The fourth-order valence-electron chi connectivity index (χ4n) is 1.27. The van der Waals surface area contributed by atoms with Crippen LogP contribution in [0.2, 0.25) is 0 Å². The molecule has 2 N–H and O–H groups in total. The fourth-order valence-corrected chi connectivity index (χ4v) is 1.27. The SMILES string of the molecule is CNC(C)(C)CNCCc1ccncc1. The van der Waals surface area contributed by atoms with Gasteiger partial charge in [-0.05, 0) is 51.6 Å². The molecule has 1 heterocycles. The van der Waals surface area contributed by atoms with E-state index in [1.807, 2.05) is 19.4 Å². The van der Waals surface area contributed by atoms with Crippen LogP contribution in [-0.2, 0) is 6.42 Å². The molecule has 0 fully saturated rings. The van der Waals surface area contributed by atoms with Gasteiger partial charge in [0.2, 0.25) is 0 Å². The molecule has 15 heavy (non-hydrogen) atoms. The van der Waals surface area contributed by atoms with Crippen molar-refractivity contribution >= 4 is 0 Å². The van der Waals surface area contributed by atoms with Crippen LogP contribution in [0.5, 0.6) is 0 Å². The zero-order chi connectivity index (χ0) is 11.1. The highest BCUT2D eigenvalue weighted by molar-refractivity contribution is 5.09. The van der Waals surface area contributed by atoms with Crippen molar-refractivity contribution in [1.82, 2.24) is 15.6 Å². The smallest absolute Gasteiger partial charge is 0.0270 e. The Morgan fingerprint density at radius 3 is 2.53 bits per heavy atom. The standard InChI is InChI=1S/C12H21N3/c1-12(2,13-3)10-15-9-6-11-4-7-14-8-5-11/h4-5,7-8,13,15H,6,9-10H2,1-3H3. The van der Waals surface area contributed by atoms with Crippen LogP contribution in [0.1, 0.15) is 19.4 Å². The summed E-state index contributed by atoms with van der Waals surface area (Å²) in [7, 11) is 1.99. The van der Waals surface area contributed by atoms with Gasteiger partial charge in [-0.1, -0.05) is 0 Å². The summed E-state index contributed by atoms with van der Waals surface area (Å²) in [5, 5.41) is 6.71. The Labute approximate surface area is 92.3 Å². The van der Waals surface area contributed by atoms with Gasteiger partial charge in [-0.3, -0.25) is 4.98 Å².